The molecule has 0 amide bonds. The molecule has 0 saturated heterocycles. The van der Waals surface area contributed by atoms with Gasteiger partial charge in [0.2, 0.25) is 0 Å². The number of benzene rings is 1. The zero-order valence-electron chi connectivity index (χ0n) is 9.05. The van der Waals surface area contributed by atoms with Crippen LogP contribution in [0.5, 0.6) is 0 Å². The van der Waals surface area contributed by atoms with Crippen molar-refractivity contribution >= 4 is 5.71 Å². The standard InChI is InChI=1S/C13H11FN2O/c14-12-3-1-10(2-4-12)9-13(16-17)11-5-7-15-8-6-11/h1-8,17H,9H2/b16-13-. The fourth-order valence-corrected chi connectivity index (χ4v) is 1.54. The highest BCUT2D eigenvalue weighted by atomic mass is 19.1. The lowest BCUT2D eigenvalue weighted by Gasteiger charge is -2.04. The molecule has 0 bridgehead atoms. The minimum absolute atomic E-state index is 0.278. The van der Waals surface area contributed by atoms with Gasteiger partial charge in [-0.25, -0.2) is 4.39 Å². The first kappa shape index (κ1) is 11.3. The minimum atomic E-state index is -0.278. The predicted molar refractivity (Wildman–Crippen MR) is 62.7 cm³/mol. The maximum Gasteiger partial charge on any atom is 0.123 e. The van der Waals surface area contributed by atoms with E-state index < -0.39 is 0 Å². The Hall–Kier alpha value is -2.23. The summed E-state index contributed by atoms with van der Waals surface area (Å²) in [4.78, 5) is 3.89. The summed E-state index contributed by atoms with van der Waals surface area (Å²) >= 11 is 0. The van der Waals surface area contributed by atoms with Crippen molar-refractivity contribution in [3.63, 3.8) is 0 Å². The summed E-state index contributed by atoms with van der Waals surface area (Å²) < 4.78 is 12.7. The molecule has 1 aromatic heterocycles. The fourth-order valence-electron chi connectivity index (χ4n) is 1.54. The first-order chi connectivity index (χ1) is 8.29. The van der Waals surface area contributed by atoms with Crippen LogP contribution in [0, 0.1) is 5.82 Å². The van der Waals surface area contributed by atoms with Crippen LogP contribution in [0.1, 0.15) is 11.1 Å². The average Bonchev–Trinajstić information content (AvgIpc) is 2.39. The SMILES string of the molecule is O/N=C(/Cc1ccc(F)cc1)c1ccncc1. The van der Waals surface area contributed by atoms with E-state index in [2.05, 4.69) is 10.1 Å². The van der Waals surface area contributed by atoms with Gasteiger partial charge in [-0.05, 0) is 29.8 Å². The maximum absolute atomic E-state index is 12.7. The molecular formula is C13H11FN2O. The van der Waals surface area contributed by atoms with Crippen molar-refractivity contribution in [2.24, 2.45) is 5.16 Å². The first-order valence-corrected chi connectivity index (χ1v) is 5.15. The highest BCUT2D eigenvalue weighted by Gasteiger charge is 2.05. The Morgan fingerprint density at radius 2 is 1.76 bits per heavy atom. The lowest BCUT2D eigenvalue weighted by Crippen LogP contribution is -2.05. The molecule has 4 heteroatoms. The molecule has 86 valence electrons. The Morgan fingerprint density at radius 1 is 1.12 bits per heavy atom. The van der Waals surface area contributed by atoms with Crippen LogP contribution in [0.3, 0.4) is 0 Å². The van der Waals surface area contributed by atoms with E-state index in [4.69, 9.17) is 5.21 Å². The molecular weight excluding hydrogens is 219 g/mol. The number of rotatable bonds is 3. The normalized spacial score (nSPS) is 11.5. The van der Waals surface area contributed by atoms with E-state index in [0.717, 1.165) is 11.1 Å². The van der Waals surface area contributed by atoms with E-state index >= 15 is 0 Å². The third-order valence-electron chi connectivity index (χ3n) is 2.42. The molecule has 1 heterocycles. The van der Waals surface area contributed by atoms with Gasteiger partial charge in [-0.2, -0.15) is 0 Å². The molecule has 2 aromatic rings. The second-order valence-electron chi connectivity index (χ2n) is 3.59. The number of halogens is 1. The lowest BCUT2D eigenvalue weighted by molar-refractivity contribution is 0.318. The first-order valence-electron chi connectivity index (χ1n) is 5.15. The Labute approximate surface area is 98.2 Å². The molecule has 1 aromatic carbocycles. The van der Waals surface area contributed by atoms with Crippen LogP contribution >= 0.6 is 0 Å². The van der Waals surface area contributed by atoms with Gasteiger partial charge in [-0.15, -0.1) is 0 Å². The van der Waals surface area contributed by atoms with Crippen molar-refractivity contribution in [3.05, 3.63) is 65.7 Å². The molecule has 0 fully saturated rings. The zero-order valence-corrected chi connectivity index (χ0v) is 9.05. The van der Waals surface area contributed by atoms with E-state index in [-0.39, 0.29) is 5.82 Å². The van der Waals surface area contributed by atoms with E-state index in [0.29, 0.717) is 12.1 Å². The number of oxime groups is 1. The molecule has 0 aliphatic rings. The van der Waals surface area contributed by atoms with Crippen LogP contribution in [0.4, 0.5) is 4.39 Å². The zero-order chi connectivity index (χ0) is 12.1. The number of hydrogen-bond donors (Lipinski definition) is 1. The number of pyridine rings is 1. The van der Waals surface area contributed by atoms with Gasteiger partial charge in [0, 0.05) is 24.4 Å². The van der Waals surface area contributed by atoms with Crippen molar-refractivity contribution in [2.45, 2.75) is 6.42 Å². The Kier molecular flexibility index (Phi) is 3.45. The number of hydrogen-bond acceptors (Lipinski definition) is 3. The summed E-state index contributed by atoms with van der Waals surface area (Å²) in [5, 5.41) is 12.3. The van der Waals surface area contributed by atoms with E-state index in [1.54, 1.807) is 36.7 Å². The third kappa shape index (κ3) is 2.87. The molecule has 0 aliphatic carbocycles. The molecule has 0 saturated carbocycles. The smallest absolute Gasteiger partial charge is 0.123 e. The van der Waals surface area contributed by atoms with Gasteiger partial charge in [-0.3, -0.25) is 4.98 Å². The van der Waals surface area contributed by atoms with Crippen molar-refractivity contribution < 1.29 is 9.60 Å². The lowest BCUT2D eigenvalue weighted by atomic mass is 10.0. The number of aromatic nitrogens is 1. The van der Waals surface area contributed by atoms with Crippen molar-refractivity contribution in [3.8, 4) is 0 Å². The van der Waals surface area contributed by atoms with Crippen LogP contribution in [-0.4, -0.2) is 15.9 Å². The van der Waals surface area contributed by atoms with Gasteiger partial charge >= 0.3 is 0 Å². The molecule has 3 nitrogen and oxygen atoms in total. The summed E-state index contributed by atoms with van der Waals surface area (Å²) in [6.45, 7) is 0. The molecule has 0 unspecified atom stereocenters. The summed E-state index contributed by atoms with van der Waals surface area (Å²) in [5.74, 6) is -0.278. The van der Waals surface area contributed by atoms with Crippen LogP contribution in [0.15, 0.2) is 53.9 Å². The van der Waals surface area contributed by atoms with Crippen LogP contribution in [0.25, 0.3) is 0 Å². The number of nitrogens with zero attached hydrogens (tertiary/aromatic N) is 2. The van der Waals surface area contributed by atoms with E-state index in [1.807, 2.05) is 0 Å². The topological polar surface area (TPSA) is 45.5 Å². The highest BCUT2D eigenvalue weighted by Crippen LogP contribution is 2.09. The quantitative estimate of drug-likeness (QED) is 0.500. The van der Waals surface area contributed by atoms with Gasteiger partial charge in [0.15, 0.2) is 0 Å². The summed E-state index contributed by atoms with van der Waals surface area (Å²) in [5.41, 5.74) is 2.21. The van der Waals surface area contributed by atoms with Gasteiger partial charge < -0.3 is 5.21 Å². The van der Waals surface area contributed by atoms with E-state index in [1.165, 1.54) is 12.1 Å². The monoisotopic (exact) mass is 230 g/mol. The van der Waals surface area contributed by atoms with Gasteiger partial charge in [0.25, 0.3) is 0 Å². The minimum Gasteiger partial charge on any atom is -0.411 e. The maximum atomic E-state index is 12.7. The van der Waals surface area contributed by atoms with Crippen LogP contribution in [0.2, 0.25) is 0 Å². The van der Waals surface area contributed by atoms with Crippen LogP contribution < -0.4 is 0 Å². The molecule has 2 rings (SSSR count). The fraction of sp³-hybridized carbons (Fsp3) is 0.0769. The second-order valence-corrected chi connectivity index (χ2v) is 3.59. The molecule has 0 spiro atoms. The second kappa shape index (κ2) is 5.21. The predicted octanol–water partition coefficient (Wildman–Crippen LogP) is 2.64. The summed E-state index contributed by atoms with van der Waals surface area (Å²) in [6.07, 6.45) is 3.71. The summed E-state index contributed by atoms with van der Waals surface area (Å²) in [6, 6.07) is 9.63. The molecule has 1 N–H and O–H groups in total. The molecule has 0 aliphatic heterocycles. The van der Waals surface area contributed by atoms with Crippen molar-refractivity contribution in [2.75, 3.05) is 0 Å². The third-order valence-corrected chi connectivity index (χ3v) is 2.42. The van der Waals surface area contributed by atoms with Gasteiger partial charge in [0.05, 0.1) is 5.71 Å². The highest BCUT2D eigenvalue weighted by molar-refractivity contribution is 6.01. The van der Waals surface area contributed by atoms with E-state index in [9.17, 15) is 4.39 Å². The summed E-state index contributed by atoms with van der Waals surface area (Å²) in [7, 11) is 0. The van der Waals surface area contributed by atoms with Gasteiger partial charge in [0.1, 0.15) is 5.82 Å². The average molecular weight is 230 g/mol. The van der Waals surface area contributed by atoms with Crippen molar-refractivity contribution in [1.82, 2.24) is 4.98 Å². The largest absolute Gasteiger partial charge is 0.411 e. The Bertz CT molecular complexity index is 509. The van der Waals surface area contributed by atoms with Crippen LogP contribution in [-0.2, 0) is 6.42 Å². The Morgan fingerprint density at radius 3 is 2.35 bits per heavy atom. The molecule has 0 atom stereocenters. The van der Waals surface area contributed by atoms with Gasteiger partial charge in [-0.1, -0.05) is 17.3 Å². The Balaban J connectivity index is 2.19. The molecule has 0 radical (unpaired) electrons. The van der Waals surface area contributed by atoms with Crippen molar-refractivity contribution in [1.29, 1.82) is 0 Å². The molecule has 17 heavy (non-hydrogen) atoms.